The molecule has 0 radical (unpaired) electrons. The number of anilines is 1. The van der Waals surface area contributed by atoms with Gasteiger partial charge in [0.15, 0.2) is 5.78 Å². The number of aliphatic hydroxyl groups excluding tert-OH is 1. The van der Waals surface area contributed by atoms with Gasteiger partial charge in [-0.15, -0.1) is 0 Å². The van der Waals surface area contributed by atoms with Crippen LogP contribution in [0.2, 0.25) is 0 Å². The van der Waals surface area contributed by atoms with Gasteiger partial charge >= 0.3 is 0 Å². The van der Waals surface area contributed by atoms with Gasteiger partial charge in [-0.1, -0.05) is 19.1 Å². The Morgan fingerprint density at radius 1 is 1.42 bits per heavy atom. The van der Waals surface area contributed by atoms with Crippen molar-refractivity contribution in [1.29, 1.82) is 0 Å². The van der Waals surface area contributed by atoms with Gasteiger partial charge < -0.3 is 14.7 Å². The summed E-state index contributed by atoms with van der Waals surface area (Å²) >= 11 is 0. The molecule has 4 nitrogen and oxygen atoms in total. The number of ketones is 1. The highest BCUT2D eigenvalue weighted by molar-refractivity contribution is 6.01. The highest BCUT2D eigenvalue weighted by Crippen LogP contribution is 2.25. The number of para-hydroxylation sites is 1. The molecule has 104 valence electrons. The average Bonchev–Trinajstić information content (AvgIpc) is 2.45. The molecule has 1 aromatic carbocycles. The minimum Gasteiger partial charge on any atom is -0.394 e. The van der Waals surface area contributed by atoms with Crippen molar-refractivity contribution in [2.45, 2.75) is 32.5 Å². The molecule has 1 saturated heterocycles. The normalized spacial score (nSPS) is 23.4. The van der Waals surface area contributed by atoms with E-state index in [9.17, 15) is 9.90 Å². The summed E-state index contributed by atoms with van der Waals surface area (Å²) in [5.74, 6) is 0.148. The molecule has 0 aromatic heterocycles. The summed E-state index contributed by atoms with van der Waals surface area (Å²) in [5, 5.41) is 9.28. The summed E-state index contributed by atoms with van der Waals surface area (Å²) in [6.45, 7) is 5.22. The Labute approximate surface area is 114 Å². The monoisotopic (exact) mass is 263 g/mol. The Morgan fingerprint density at radius 3 is 2.84 bits per heavy atom. The van der Waals surface area contributed by atoms with Gasteiger partial charge in [-0.05, 0) is 19.1 Å². The summed E-state index contributed by atoms with van der Waals surface area (Å²) in [6, 6.07) is 7.67. The minimum atomic E-state index is -0.187. The fourth-order valence-corrected chi connectivity index (χ4v) is 2.52. The number of hydrogen-bond acceptors (Lipinski definition) is 4. The third-order valence-electron chi connectivity index (χ3n) is 3.40. The quantitative estimate of drug-likeness (QED) is 0.842. The fraction of sp³-hybridized carbons (Fsp3) is 0.533. The molecule has 0 spiro atoms. The second-order valence-corrected chi connectivity index (χ2v) is 4.95. The maximum atomic E-state index is 12.0. The van der Waals surface area contributed by atoms with E-state index >= 15 is 0 Å². The van der Waals surface area contributed by atoms with Crippen molar-refractivity contribution in [3.05, 3.63) is 29.8 Å². The van der Waals surface area contributed by atoms with E-state index in [2.05, 4.69) is 4.90 Å². The SMILES string of the molecule is CCC(=O)c1ccccc1N1CC(C)OC(CO)C1. The van der Waals surface area contributed by atoms with Crippen molar-refractivity contribution in [3.8, 4) is 0 Å². The van der Waals surface area contributed by atoms with E-state index < -0.39 is 0 Å². The van der Waals surface area contributed by atoms with Crippen LogP contribution in [-0.2, 0) is 4.74 Å². The van der Waals surface area contributed by atoms with E-state index in [1.54, 1.807) is 0 Å². The molecule has 1 fully saturated rings. The molecule has 19 heavy (non-hydrogen) atoms. The number of Topliss-reactive ketones (excluding diaryl/α,β-unsaturated/α-hetero) is 1. The van der Waals surface area contributed by atoms with Gasteiger partial charge in [-0.25, -0.2) is 0 Å². The van der Waals surface area contributed by atoms with Crippen LogP contribution in [0.4, 0.5) is 5.69 Å². The highest BCUT2D eigenvalue weighted by atomic mass is 16.5. The van der Waals surface area contributed by atoms with E-state index in [0.29, 0.717) is 13.0 Å². The number of nitrogens with zero attached hydrogens (tertiary/aromatic N) is 1. The van der Waals surface area contributed by atoms with Crippen LogP contribution in [0.15, 0.2) is 24.3 Å². The standard InChI is InChI=1S/C15H21NO3/c1-3-15(18)13-6-4-5-7-14(13)16-8-11(2)19-12(9-16)10-17/h4-7,11-12,17H,3,8-10H2,1-2H3. The van der Waals surface area contributed by atoms with Crippen molar-refractivity contribution in [3.63, 3.8) is 0 Å². The van der Waals surface area contributed by atoms with Crippen molar-refractivity contribution in [1.82, 2.24) is 0 Å². The molecule has 0 saturated carbocycles. The van der Waals surface area contributed by atoms with E-state index in [0.717, 1.165) is 17.8 Å². The van der Waals surface area contributed by atoms with Crippen LogP contribution in [0.25, 0.3) is 0 Å². The van der Waals surface area contributed by atoms with Crippen LogP contribution in [-0.4, -0.2) is 42.8 Å². The zero-order valence-electron chi connectivity index (χ0n) is 11.5. The van der Waals surface area contributed by atoms with Crippen molar-refractivity contribution in [2.75, 3.05) is 24.6 Å². The first-order valence-corrected chi connectivity index (χ1v) is 6.79. The Morgan fingerprint density at radius 2 is 2.16 bits per heavy atom. The van der Waals surface area contributed by atoms with E-state index in [1.807, 2.05) is 38.1 Å². The molecular formula is C15H21NO3. The first-order chi connectivity index (χ1) is 9.15. The maximum absolute atomic E-state index is 12.0. The Hall–Kier alpha value is -1.39. The van der Waals surface area contributed by atoms with Gasteiger partial charge in [0.05, 0.1) is 18.8 Å². The van der Waals surface area contributed by atoms with Crippen molar-refractivity contribution in [2.24, 2.45) is 0 Å². The minimum absolute atomic E-state index is 0.00469. The second-order valence-electron chi connectivity index (χ2n) is 4.95. The van der Waals surface area contributed by atoms with Gasteiger partial charge in [0.1, 0.15) is 0 Å². The van der Waals surface area contributed by atoms with Gasteiger partial charge in [0.2, 0.25) is 0 Å². The lowest BCUT2D eigenvalue weighted by atomic mass is 10.0. The predicted molar refractivity (Wildman–Crippen MR) is 74.7 cm³/mol. The number of carbonyl (C=O) groups is 1. The average molecular weight is 263 g/mol. The number of morpholine rings is 1. The van der Waals surface area contributed by atoms with Crippen LogP contribution >= 0.6 is 0 Å². The van der Waals surface area contributed by atoms with Crippen molar-refractivity contribution >= 4 is 11.5 Å². The number of ether oxygens (including phenoxy) is 1. The summed E-state index contributed by atoms with van der Waals surface area (Å²) in [5.41, 5.74) is 1.71. The molecule has 0 amide bonds. The Kier molecular flexibility index (Phi) is 4.56. The zero-order valence-corrected chi connectivity index (χ0v) is 11.5. The molecule has 0 bridgehead atoms. The maximum Gasteiger partial charge on any atom is 0.164 e. The second kappa shape index (κ2) is 6.17. The number of rotatable bonds is 4. The first-order valence-electron chi connectivity index (χ1n) is 6.79. The van der Waals surface area contributed by atoms with E-state index in [1.165, 1.54) is 0 Å². The number of carbonyl (C=O) groups excluding carboxylic acids is 1. The van der Waals surface area contributed by atoms with Gasteiger partial charge in [-0.2, -0.15) is 0 Å². The lowest BCUT2D eigenvalue weighted by Crippen LogP contribution is -2.48. The largest absolute Gasteiger partial charge is 0.394 e. The number of hydrogen-bond donors (Lipinski definition) is 1. The molecule has 1 N–H and O–H groups in total. The third-order valence-corrected chi connectivity index (χ3v) is 3.40. The smallest absolute Gasteiger partial charge is 0.164 e. The van der Waals surface area contributed by atoms with Crippen LogP contribution in [0.3, 0.4) is 0 Å². The summed E-state index contributed by atoms with van der Waals surface area (Å²) in [4.78, 5) is 14.1. The molecule has 1 heterocycles. The van der Waals surface area contributed by atoms with Crippen LogP contribution in [0, 0.1) is 0 Å². The van der Waals surface area contributed by atoms with Gasteiger partial charge in [0, 0.05) is 30.8 Å². The summed E-state index contributed by atoms with van der Waals surface area (Å²) in [7, 11) is 0. The number of aliphatic hydroxyl groups is 1. The van der Waals surface area contributed by atoms with Crippen LogP contribution < -0.4 is 4.90 Å². The van der Waals surface area contributed by atoms with Crippen LogP contribution in [0.5, 0.6) is 0 Å². The molecule has 0 aliphatic carbocycles. The fourth-order valence-electron chi connectivity index (χ4n) is 2.52. The molecule has 4 heteroatoms. The van der Waals surface area contributed by atoms with Gasteiger partial charge in [-0.3, -0.25) is 4.79 Å². The molecule has 2 atom stereocenters. The Bertz CT molecular complexity index is 447. The summed E-state index contributed by atoms with van der Waals surface area (Å²) < 4.78 is 5.64. The molecule has 2 unspecified atom stereocenters. The highest BCUT2D eigenvalue weighted by Gasteiger charge is 2.26. The van der Waals surface area contributed by atoms with E-state index in [-0.39, 0.29) is 24.6 Å². The molecular weight excluding hydrogens is 242 g/mol. The topological polar surface area (TPSA) is 49.8 Å². The lowest BCUT2D eigenvalue weighted by molar-refractivity contribution is -0.0421. The predicted octanol–water partition coefficient (Wildman–Crippen LogP) is 1.87. The van der Waals surface area contributed by atoms with E-state index in [4.69, 9.17) is 4.74 Å². The molecule has 2 rings (SSSR count). The lowest BCUT2D eigenvalue weighted by Gasteiger charge is -2.38. The first kappa shape index (κ1) is 14.0. The number of benzene rings is 1. The summed E-state index contributed by atoms with van der Waals surface area (Å²) in [6.07, 6.45) is 0.365. The molecule has 1 aromatic rings. The molecule has 1 aliphatic rings. The van der Waals surface area contributed by atoms with Crippen molar-refractivity contribution < 1.29 is 14.6 Å². The van der Waals surface area contributed by atoms with Crippen LogP contribution in [0.1, 0.15) is 30.6 Å². The zero-order chi connectivity index (χ0) is 13.8. The third kappa shape index (κ3) is 3.14. The van der Waals surface area contributed by atoms with Gasteiger partial charge in [0.25, 0.3) is 0 Å². The molecule has 1 aliphatic heterocycles. The Balaban J connectivity index is 2.28.